The van der Waals surface area contributed by atoms with Crippen LogP contribution < -0.4 is 14.8 Å². The van der Waals surface area contributed by atoms with Gasteiger partial charge in [-0.3, -0.25) is 4.79 Å². The van der Waals surface area contributed by atoms with Gasteiger partial charge in [0.25, 0.3) is 5.91 Å². The lowest BCUT2D eigenvalue weighted by atomic mass is 10.1. The summed E-state index contributed by atoms with van der Waals surface area (Å²) >= 11 is 3.34. The number of para-hydroxylation sites is 1. The summed E-state index contributed by atoms with van der Waals surface area (Å²) in [6.07, 6.45) is 1.37. The topological polar surface area (TPSA) is 109 Å². The molecule has 0 saturated heterocycles. The van der Waals surface area contributed by atoms with Gasteiger partial charge in [0.1, 0.15) is 11.6 Å². The number of halogens is 1. The minimum absolute atomic E-state index is 0.0722. The average molecular weight is 431 g/mol. The lowest BCUT2D eigenvalue weighted by molar-refractivity contribution is -0.112. The zero-order valence-electron chi connectivity index (χ0n) is 14.4. The number of carbonyl (C=O) groups excluding carboxylic acids is 1. The molecule has 0 aromatic heterocycles. The SMILES string of the molecule is COc1cc(/C=C(\C#N)C(=O)Nc2ccccc2C(=O)O)cc(Br)c1OC. The second kappa shape index (κ2) is 8.87. The summed E-state index contributed by atoms with van der Waals surface area (Å²) in [5.74, 6) is -1.01. The van der Waals surface area contributed by atoms with E-state index in [4.69, 9.17) is 9.47 Å². The van der Waals surface area contributed by atoms with Gasteiger partial charge in [0.05, 0.1) is 29.9 Å². The van der Waals surface area contributed by atoms with Crippen LogP contribution in [-0.4, -0.2) is 31.2 Å². The van der Waals surface area contributed by atoms with E-state index in [0.29, 0.717) is 21.5 Å². The first-order valence-electron chi connectivity index (χ1n) is 7.58. The Bertz CT molecular complexity index is 963. The van der Waals surface area contributed by atoms with Gasteiger partial charge in [-0.05, 0) is 51.8 Å². The number of ether oxygens (including phenoxy) is 2. The zero-order valence-corrected chi connectivity index (χ0v) is 16.0. The molecule has 2 aromatic rings. The van der Waals surface area contributed by atoms with Crippen molar-refractivity contribution in [1.82, 2.24) is 0 Å². The Morgan fingerprint density at radius 3 is 2.52 bits per heavy atom. The maximum atomic E-state index is 12.4. The van der Waals surface area contributed by atoms with Crippen molar-refractivity contribution >= 4 is 39.6 Å². The van der Waals surface area contributed by atoms with Crippen LogP contribution >= 0.6 is 15.9 Å². The van der Waals surface area contributed by atoms with Crippen LogP contribution in [-0.2, 0) is 4.79 Å². The fraction of sp³-hybridized carbons (Fsp3) is 0.105. The number of aromatic carboxylic acids is 1. The van der Waals surface area contributed by atoms with E-state index >= 15 is 0 Å². The molecule has 2 aromatic carbocycles. The number of methoxy groups -OCH3 is 2. The van der Waals surface area contributed by atoms with Gasteiger partial charge < -0.3 is 19.9 Å². The van der Waals surface area contributed by atoms with Gasteiger partial charge in [0.15, 0.2) is 11.5 Å². The lowest BCUT2D eigenvalue weighted by Gasteiger charge is -2.11. The molecule has 2 rings (SSSR count). The summed E-state index contributed by atoms with van der Waals surface area (Å²) in [5, 5.41) is 21.0. The maximum absolute atomic E-state index is 12.4. The molecule has 0 saturated carbocycles. The number of carbonyl (C=O) groups is 2. The lowest BCUT2D eigenvalue weighted by Crippen LogP contribution is -2.16. The molecule has 0 spiro atoms. The Hall–Kier alpha value is -3.31. The van der Waals surface area contributed by atoms with E-state index in [1.807, 2.05) is 6.07 Å². The van der Waals surface area contributed by atoms with Gasteiger partial charge in [-0.1, -0.05) is 12.1 Å². The van der Waals surface area contributed by atoms with Crippen LogP contribution in [0, 0.1) is 11.3 Å². The third-order valence-electron chi connectivity index (χ3n) is 3.54. The average Bonchev–Trinajstić information content (AvgIpc) is 2.65. The number of amides is 1. The number of rotatable bonds is 6. The molecule has 0 radical (unpaired) electrons. The Balaban J connectivity index is 2.37. The highest BCUT2D eigenvalue weighted by Gasteiger charge is 2.16. The molecule has 27 heavy (non-hydrogen) atoms. The van der Waals surface area contributed by atoms with Crippen LogP contribution in [0.1, 0.15) is 15.9 Å². The van der Waals surface area contributed by atoms with Crippen molar-refractivity contribution in [2.24, 2.45) is 0 Å². The number of carboxylic acids is 1. The van der Waals surface area contributed by atoms with Crippen LogP contribution in [0.5, 0.6) is 11.5 Å². The van der Waals surface area contributed by atoms with Gasteiger partial charge in [-0.25, -0.2) is 4.79 Å². The van der Waals surface area contributed by atoms with Crippen molar-refractivity contribution in [1.29, 1.82) is 5.26 Å². The number of anilines is 1. The third-order valence-corrected chi connectivity index (χ3v) is 4.13. The second-order valence-corrected chi connectivity index (χ2v) is 6.07. The van der Waals surface area contributed by atoms with Crippen molar-refractivity contribution in [2.45, 2.75) is 0 Å². The largest absolute Gasteiger partial charge is 0.493 e. The van der Waals surface area contributed by atoms with Crippen LogP contribution in [0.3, 0.4) is 0 Å². The van der Waals surface area contributed by atoms with Crippen LogP contribution in [0.4, 0.5) is 5.69 Å². The van der Waals surface area contributed by atoms with Crippen molar-refractivity contribution in [3.05, 3.63) is 57.6 Å². The van der Waals surface area contributed by atoms with Gasteiger partial charge >= 0.3 is 5.97 Å². The van der Waals surface area contributed by atoms with Crippen molar-refractivity contribution in [3.63, 3.8) is 0 Å². The zero-order chi connectivity index (χ0) is 20.0. The fourth-order valence-electron chi connectivity index (χ4n) is 2.30. The molecule has 0 unspecified atom stereocenters. The van der Waals surface area contributed by atoms with Crippen LogP contribution in [0.2, 0.25) is 0 Å². The summed E-state index contributed by atoms with van der Waals surface area (Å²) in [6.45, 7) is 0. The number of carboxylic acid groups (broad SMARTS) is 1. The highest BCUT2D eigenvalue weighted by molar-refractivity contribution is 9.10. The molecule has 0 aliphatic heterocycles. The molecule has 0 heterocycles. The number of nitrogens with zero attached hydrogens (tertiary/aromatic N) is 1. The molecule has 2 N–H and O–H groups in total. The molecule has 1 amide bonds. The molecule has 0 aliphatic carbocycles. The summed E-state index contributed by atoms with van der Waals surface area (Å²) < 4.78 is 11.0. The minimum Gasteiger partial charge on any atom is -0.493 e. The molecular formula is C19H15BrN2O5. The van der Waals surface area contributed by atoms with E-state index in [2.05, 4.69) is 21.2 Å². The Labute approximate surface area is 164 Å². The highest BCUT2D eigenvalue weighted by atomic mass is 79.9. The molecule has 8 heteroatoms. The van der Waals surface area contributed by atoms with E-state index in [-0.39, 0.29) is 16.8 Å². The number of nitrogens with one attached hydrogen (secondary N) is 1. The molecule has 0 bridgehead atoms. The summed E-state index contributed by atoms with van der Waals surface area (Å²) in [4.78, 5) is 23.7. The summed E-state index contributed by atoms with van der Waals surface area (Å²) in [5.41, 5.74) is 0.355. The van der Waals surface area contributed by atoms with E-state index in [1.54, 1.807) is 24.3 Å². The fourth-order valence-corrected chi connectivity index (χ4v) is 2.93. The molecule has 0 aliphatic rings. The standard InChI is InChI=1S/C19H15BrN2O5/c1-26-16-9-11(8-14(20)17(16)27-2)7-12(10-21)18(23)22-15-6-4-3-5-13(15)19(24)25/h3-9H,1-2H3,(H,22,23)(H,24,25)/b12-7+. The summed E-state index contributed by atoms with van der Waals surface area (Å²) in [6, 6.07) is 11.0. The minimum atomic E-state index is -1.18. The normalized spacial score (nSPS) is 10.7. The summed E-state index contributed by atoms with van der Waals surface area (Å²) in [7, 11) is 2.96. The first kappa shape index (κ1) is 20.0. The van der Waals surface area contributed by atoms with Gasteiger partial charge in [-0.15, -0.1) is 0 Å². The third kappa shape index (κ3) is 4.65. The molecule has 0 fully saturated rings. The van der Waals surface area contributed by atoms with Crippen molar-refractivity contribution < 1.29 is 24.2 Å². The number of hydrogen-bond acceptors (Lipinski definition) is 5. The second-order valence-electron chi connectivity index (χ2n) is 5.21. The molecular weight excluding hydrogens is 416 g/mol. The number of hydrogen-bond donors (Lipinski definition) is 2. The van der Waals surface area contributed by atoms with E-state index in [0.717, 1.165) is 0 Å². The predicted octanol–water partition coefficient (Wildman–Crippen LogP) is 3.71. The quantitative estimate of drug-likeness (QED) is 0.533. The predicted molar refractivity (Wildman–Crippen MR) is 103 cm³/mol. The molecule has 7 nitrogen and oxygen atoms in total. The van der Waals surface area contributed by atoms with E-state index in [1.165, 1.54) is 32.4 Å². The molecule has 138 valence electrons. The van der Waals surface area contributed by atoms with Gasteiger partial charge in [0, 0.05) is 0 Å². The number of benzene rings is 2. The van der Waals surface area contributed by atoms with Gasteiger partial charge in [0.2, 0.25) is 0 Å². The number of nitriles is 1. The van der Waals surface area contributed by atoms with Gasteiger partial charge in [-0.2, -0.15) is 5.26 Å². The maximum Gasteiger partial charge on any atom is 0.337 e. The Kier molecular flexibility index (Phi) is 6.57. The molecule has 0 atom stereocenters. The first-order valence-corrected chi connectivity index (χ1v) is 8.37. The van der Waals surface area contributed by atoms with Crippen molar-refractivity contribution in [3.8, 4) is 17.6 Å². The van der Waals surface area contributed by atoms with E-state index in [9.17, 15) is 20.0 Å². The Morgan fingerprint density at radius 1 is 1.22 bits per heavy atom. The van der Waals surface area contributed by atoms with Crippen LogP contribution in [0.15, 0.2) is 46.4 Å². The van der Waals surface area contributed by atoms with Crippen molar-refractivity contribution in [2.75, 3.05) is 19.5 Å². The monoisotopic (exact) mass is 430 g/mol. The highest BCUT2D eigenvalue weighted by Crippen LogP contribution is 2.36. The van der Waals surface area contributed by atoms with E-state index < -0.39 is 11.9 Å². The smallest absolute Gasteiger partial charge is 0.337 e. The van der Waals surface area contributed by atoms with Crippen LogP contribution in [0.25, 0.3) is 6.08 Å². The Morgan fingerprint density at radius 2 is 1.93 bits per heavy atom. The first-order chi connectivity index (χ1) is 12.9.